The highest BCUT2D eigenvalue weighted by Crippen LogP contribution is 2.21. The van der Waals surface area contributed by atoms with Crippen LogP contribution in [0, 0.1) is 5.82 Å². The van der Waals surface area contributed by atoms with E-state index >= 15 is 0 Å². The van der Waals surface area contributed by atoms with Gasteiger partial charge in [0.25, 0.3) is 5.91 Å². The van der Waals surface area contributed by atoms with Crippen LogP contribution in [-0.2, 0) is 4.79 Å². The van der Waals surface area contributed by atoms with Gasteiger partial charge in [-0.3, -0.25) is 4.79 Å². The molecule has 5 nitrogen and oxygen atoms in total. The molecule has 2 rings (SSSR count). The van der Waals surface area contributed by atoms with E-state index in [1.54, 1.807) is 4.90 Å². The lowest BCUT2D eigenvalue weighted by molar-refractivity contribution is -0.132. The van der Waals surface area contributed by atoms with Crippen molar-refractivity contribution < 1.29 is 19.1 Å². The molecule has 1 heterocycles. The first-order chi connectivity index (χ1) is 9.61. The van der Waals surface area contributed by atoms with Gasteiger partial charge in [0.1, 0.15) is 11.6 Å². The monoisotopic (exact) mass is 280 g/mol. The van der Waals surface area contributed by atoms with E-state index in [-0.39, 0.29) is 18.2 Å². The van der Waals surface area contributed by atoms with Crippen molar-refractivity contribution in [3.05, 3.63) is 29.6 Å². The summed E-state index contributed by atoms with van der Waals surface area (Å²) >= 11 is 0. The Bertz CT molecular complexity index is 525. The second kappa shape index (κ2) is 6.36. The number of hydrogen-bond acceptors (Lipinski definition) is 4. The van der Waals surface area contributed by atoms with Crippen LogP contribution >= 0.6 is 0 Å². The molecule has 0 spiro atoms. The van der Waals surface area contributed by atoms with Gasteiger partial charge >= 0.3 is 0 Å². The van der Waals surface area contributed by atoms with Crippen LogP contribution in [0.5, 0.6) is 5.75 Å². The summed E-state index contributed by atoms with van der Waals surface area (Å²) in [5, 5.41) is 11.8. The highest BCUT2D eigenvalue weighted by molar-refractivity contribution is 6.00. The first-order valence-corrected chi connectivity index (χ1v) is 6.51. The lowest BCUT2D eigenvalue weighted by atomic mass is 10.1. The Morgan fingerprint density at radius 1 is 1.45 bits per heavy atom. The van der Waals surface area contributed by atoms with Crippen LogP contribution < -0.4 is 4.74 Å². The standard InChI is InChI=1S/C14H17FN2O3/c1-10(16-19)12-8-11(15)4-5-13(12)20-9-14(18)17-6-2-3-7-17/h4-5,8,19H,2-3,6-7,9H2,1H3/b16-10-. The second-order valence-electron chi connectivity index (χ2n) is 4.70. The summed E-state index contributed by atoms with van der Waals surface area (Å²) in [6.45, 7) is 2.95. The first kappa shape index (κ1) is 14.3. The topological polar surface area (TPSA) is 62.1 Å². The molecule has 0 bridgehead atoms. The van der Waals surface area contributed by atoms with E-state index < -0.39 is 5.82 Å². The smallest absolute Gasteiger partial charge is 0.260 e. The summed E-state index contributed by atoms with van der Waals surface area (Å²) in [6.07, 6.45) is 2.04. The van der Waals surface area contributed by atoms with Crippen molar-refractivity contribution in [3.63, 3.8) is 0 Å². The molecule has 1 N–H and O–H groups in total. The summed E-state index contributed by atoms with van der Waals surface area (Å²) in [5.74, 6) is -0.216. The number of halogens is 1. The fourth-order valence-electron chi connectivity index (χ4n) is 2.16. The minimum absolute atomic E-state index is 0.0867. The number of oxime groups is 1. The van der Waals surface area contributed by atoms with E-state index in [0.29, 0.717) is 11.3 Å². The van der Waals surface area contributed by atoms with Gasteiger partial charge in [-0.05, 0) is 38.0 Å². The number of benzene rings is 1. The molecule has 0 saturated carbocycles. The Kier molecular flexibility index (Phi) is 4.55. The van der Waals surface area contributed by atoms with E-state index in [2.05, 4.69) is 5.16 Å². The number of carbonyl (C=O) groups is 1. The van der Waals surface area contributed by atoms with Crippen LogP contribution in [0.1, 0.15) is 25.3 Å². The molecule has 1 saturated heterocycles. The van der Waals surface area contributed by atoms with Crippen LogP contribution in [0.3, 0.4) is 0 Å². The molecule has 0 atom stereocenters. The van der Waals surface area contributed by atoms with E-state index in [9.17, 15) is 9.18 Å². The highest BCUT2D eigenvalue weighted by Gasteiger charge is 2.19. The van der Waals surface area contributed by atoms with Crippen molar-refractivity contribution in [2.75, 3.05) is 19.7 Å². The average molecular weight is 280 g/mol. The van der Waals surface area contributed by atoms with Gasteiger partial charge in [0, 0.05) is 18.7 Å². The Labute approximate surface area is 116 Å². The molecule has 1 aliphatic heterocycles. The lowest BCUT2D eigenvalue weighted by Crippen LogP contribution is -2.32. The van der Waals surface area contributed by atoms with Gasteiger partial charge in [0.15, 0.2) is 6.61 Å². The molecular weight excluding hydrogens is 263 g/mol. The Hall–Kier alpha value is -2.11. The van der Waals surface area contributed by atoms with E-state index in [4.69, 9.17) is 9.94 Å². The van der Waals surface area contributed by atoms with Gasteiger partial charge in [-0.1, -0.05) is 5.16 Å². The third-order valence-electron chi connectivity index (χ3n) is 3.29. The largest absolute Gasteiger partial charge is 0.483 e. The van der Waals surface area contributed by atoms with Crippen molar-refractivity contribution in [1.29, 1.82) is 0 Å². The molecule has 0 aromatic heterocycles. The third kappa shape index (κ3) is 3.26. The number of carbonyl (C=O) groups excluding carboxylic acids is 1. The van der Waals surface area contributed by atoms with Crippen molar-refractivity contribution in [2.45, 2.75) is 19.8 Å². The minimum atomic E-state index is -0.457. The Morgan fingerprint density at radius 2 is 2.15 bits per heavy atom. The van der Waals surface area contributed by atoms with Crippen molar-refractivity contribution in [1.82, 2.24) is 4.90 Å². The van der Waals surface area contributed by atoms with Crippen molar-refractivity contribution in [2.24, 2.45) is 5.16 Å². The maximum atomic E-state index is 13.2. The maximum absolute atomic E-state index is 13.2. The van der Waals surface area contributed by atoms with Crippen LogP contribution in [0.2, 0.25) is 0 Å². The fourth-order valence-corrected chi connectivity index (χ4v) is 2.16. The second-order valence-corrected chi connectivity index (χ2v) is 4.70. The molecule has 0 aliphatic carbocycles. The maximum Gasteiger partial charge on any atom is 0.260 e. The van der Waals surface area contributed by atoms with Gasteiger partial charge in [-0.2, -0.15) is 0 Å². The van der Waals surface area contributed by atoms with Crippen LogP contribution in [-0.4, -0.2) is 41.4 Å². The number of amides is 1. The average Bonchev–Trinajstić information content (AvgIpc) is 2.99. The zero-order valence-corrected chi connectivity index (χ0v) is 11.3. The predicted molar refractivity (Wildman–Crippen MR) is 71.7 cm³/mol. The zero-order chi connectivity index (χ0) is 14.5. The van der Waals surface area contributed by atoms with Crippen molar-refractivity contribution >= 4 is 11.6 Å². The molecule has 1 amide bonds. The summed E-state index contributed by atoms with van der Waals surface area (Å²) in [7, 11) is 0. The van der Waals surface area contributed by atoms with E-state index in [1.165, 1.54) is 25.1 Å². The van der Waals surface area contributed by atoms with Crippen LogP contribution in [0.25, 0.3) is 0 Å². The number of rotatable bonds is 4. The Morgan fingerprint density at radius 3 is 2.80 bits per heavy atom. The highest BCUT2D eigenvalue weighted by atomic mass is 19.1. The predicted octanol–water partition coefficient (Wildman–Crippen LogP) is 2.03. The molecule has 1 aromatic carbocycles. The van der Waals surface area contributed by atoms with Crippen molar-refractivity contribution in [3.8, 4) is 5.75 Å². The van der Waals surface area contributed by atoms with Gasteiger partial charge in [0.05, 0.1) is 5.71 Å². The summed E-state index contributed by atoms with van der Waals surface area (Å²) in [4.78, 5) is 13.6. The first-order valence-electron chi connectivity index (χ1n) is 6.51. The fraction of sp³-hybridized carbons (Fsp3) is 0.429. The minimum Gasteiger partial charge on any atom is -0.483 e. The quantitative estimate of drug-likeness (QED) is 0.521. The molecule has 0 radical (unpaired) electrons. The number of ether oxygens (including phenoxy) is 1. The van der Waals surface area contributed by atoms with Gasteiger partial charge in [0.2, 0.25) is 0 Å². The summed E-state index contributed by atoms with van der Waals surface area (Å²) in [5.41, 5.74) is 0.565. The van der Waals surface area contributed by atoms with Crippen LogP contribution in [0.4, 0.5) is 4.39 Å². The SMILES string of the molecule is C/C(=N/O)c1cc(F)ccc1OCC(=O)N1CCCC1. The van der Waals surface area contributed by atoms with Gasteiger partial charge in [-0.25, -0.2) is 4.39 Å². The Balaban J connectivity index is 2.07. The molecular formula is C14H17FN2O3. The number of nitrogens with zero attached hydrogens (tertiary/aromatic N) is 2. The lowest BCUT2D eigenvalue weighted by Gasteiger charge is -2.16. The van der Waals surface area contributed by atoms with Gasteiger partial charge < -0.3 is 14.8 Å². The molecule has 1 fully saturated rings. The number of hydrogen-bond donors (Lipinski definition) is 1. The molecule has 1 aromatic rings. The molecule has 20 heavy (non-hydrogen) atoms. The van der Waals surface area contributed by atoms with E-state index in [1.807, 2.05) is 0 Å². The molecule has 1 aliphatic rings. The third-order valence-corrected chi connectivity index (χ3v) is 3.29. The van der Waals surface area contributed by atoms with E-state index in [0.717, 1.165) is 25.9 Å². The van der Waals surface area contributed by atoms with Crippen LogP contribution in [0.15, 0.2) is 23.4 Å². The summed E-state index contributed by atoms with van der Waals surface area (Å²) < 4.78 is 18.7. The molecule has 108 valence electrons. The zero-order valence-electron chi connectivity index (χ0n) is 11.3. The molecule has 0 unspecified atom stereocenters. The molecule has 6 heteroatoms. The number of likely N-dealkylation sites (tertiary alicyclic amines) is 1. The normalized spacial score (nSPS) is 15.5. The summed E-state index contributed by atoms with van der Waals surface area (Å²) in [6, 6.07) is 3.88. The van der Waals surface area contributed by atoms with Gasteiger partial charge in [-0.15, -0.1) is 0 Å².